The SMILES string of the molecule is Cc1cc(F)ccc1C(=O)NCCNC(=O)C1CC1. The highest BCUT2D eigenvalue weighted by Crippen LogP contribution is 2.28. The molecule has 2 amide bonds. The van der Waals surface area contributed by atoms with Crippen LogP contribution in [0.3, 0.4) is 0 Å². The number of aryl methyl sites for hydroxylation is 1. The van der Waals surface area contributed by atoms with Crippen molar-refractivity contribution < 1.29 is 14.0 Å². The van der Waals surface area contributed by atoms with Gasteiger partial charge in [-0.05, 0) is 43.5 Å². The average Bonchev–Trinajstić information content (AvgIpc) is 3.18. The molecule has 0 saturated heterocycles. The first-order valence-corrected chi connectivity index (χ1v) is 6.40. The van der Waals surface area contributed by atoms with Gasteiger partial charge in [0.25, 0.3) is 5.91 Å². The summed E-state index contributed by atoms with van der Waals surface area (Å²) in [5, 5.41) is 5.46. The zero-order chi connectivity index (χ0) is 13.8. The van der Waals surface area contributed by atoms with Gasteiger partial charge in [0.2, 0.25) is 5.91 Å². The second-order valence-electron chi connectivity index (χ2n) is 4.78. The molecule has 0 unspecified atom stereocenters. The molecule has 0 spiro atoms. The van der Waals surface area contributed by atoms with Crippen LogP contribution in [0, 0.1) is 18.7 Å². The second-order valence-corrected chi connectivity index (χ2v) is 4.78. The molecule has 2 N–H and O–H groups in total. The van der Waals surface area contributed by atoms with Crippen molar-refractivity contribution in [1.29, 1.82) is 0 Å². The summed E-state index contributed by atoms with van der Waals surface area (Å²) in [5.41, 5.74) is 1.05. The summed E-state index contributed by atoms with van der Waals surface area (Å²) < 4.78 is 12.9. The van der Waals surface area contributed by atoms with Crippen LogP contribution in [0.15, 0.2) is 18.2 Å². The van der Waals surface area contributed by atoms with E-state index in [1.54, 1.807) is 6.92 Å². The fraction of sp³-hybridized carbons (Fsp3) is 0.429. The van der Waals surface area contributed by atoms with Gasteiger partial charge in [0.15, 0.2) is 0 Å². The maximum atomic E-state index is 12.9. The Labute approximate surface area is 111 Å². The molecule has 1 aliphatic carbocycles. The Morgan fingerprint density at radius 2 is 1.95 bits per heavy atom. The van der Waals surface area contributed by atoms with Gasteiger partial charge in [-0.3, -0.25) is 9.59 Å². The first-order chi connectivity index (χ1) is 9.08. The van der Waals surface area contributed by atoms with E-state index in [-0.39, 0.29) is 23.5 Å². The molecule has 1 aromatic rings. The first kappa shape index (κ1) is 13.5. The number of nitrogens with one attached hydrogen (secondary N) is 2. The van der Waals surface area contributed by atoms with Gasteiger partial charge in [0.05, 0.1) is 0 Å². The van der Waals surface area contributed by atoms with Crippen molar-refractivity contribution in [3.05, 3.63) is 35.1 Å². The lowest BCUT2D eigenvalue weighted by molar-refractivity contribution is -0.122. The fourth-order valence-corrected chi connectivity index (χ4v) is 1.83. The number of carbonyl (C=O) groups excluding carboxylic acids is 2. The number of amides is 2. The lowest BCUT2D eigenvalue weighted by Crippen LogP contribution is -2.35. The molecule has 0 aromatic heterocycles. The Morgan fingerprint density at radius 1 is 1.26 bits per heavy atom. The van der Waals surface area contributed by atoms with E-state index >= 15 is 0 Å². The summed E-state index contributed by atoms with van der Waals surface area (Å²) in [7, 11) is 0. The van der Waals surface area contributed by atoms with Gasteiger partial charge in [-0.1, -0.05) is 0 Å². The third kappa shape index (κ3) is 3.77. The molecule has 1 saturated carbocycles. The molecule has 0 atom stereocenters. The Bertz CT molecular complexity index is 498. The highest BCUT2D eigenvalue weighted by Gasteiger charge is 2.28. The summed E-state index contributed by atoms with van der Waals surface area (Å²) in [6.07, 6.45) is 1.93. The lowest BCUT2D eigenvalue weighted by atomic mass is 10.1. The molecule has 1 aliphatic rings. The minimum Gasteiger partial charge on any atom is -0.354 e. The average molecular weight is 264 g/mol. The van der Waals surface area contributed by atoms with Crippen LogP contribution in [-0.2, 0) is 4.79 Å². The summed E-state index contributed by atoms with van der Waals surface area (Å²) in [5.74, 6) is -0.369. The van der Waals surface area contributed by atoms with Gasteiger partial charge in [-0.15, -0.1) is 0 Å². The monoisotopic (exact) mass is 264 g/mol. The molecule has 102 valence electrons. The number of rotatable bonds is 5. The van der Waals surface area contributed by atoms with E-state index in [0.717, 1.165) is 12.8 Å². The van der Waals surface area contributed by atoms with Gasteiger partial charge in [0.1, 0.15) is 5.82 Å². The first-order valence-electron chi connectivity index (χ1n) is 6.40. The van der Waals surface area contributed by atoms with Crippen molar-refractivity contribution in [3.63, 3.8) is 0 Å². The maximum Gasteiger partial charge on any atom is 0.251 e. The highest BCUT2D eigenvalue weighted by atomic mass is 19.1. The van der Waals surface area contributed by atoms with Crippen LogP contribution in [0.1, 0.15) is 28.8 Å². The topological polar surface area (TPSA) is 58.2 Å². The molecule has 1 aromatic carbocycles. The Morgan fingerprint density at radius 3 is 2.58 bits per heavy atom. The Hall–Kier alpha value is -1.91. The minimum atomic E-state index is -0.356. The molecule has 0 heterocycles. The van der Waals surface area contributed by atoms with Crippen molar-refractivity contribution in [2.75, 3.05) is 13.1 Å². The third-order valence-electron chi connectivity index (χ3n) is 3.09. The molecular formula is C14H17FN2O2. The normalized spacial score (nSPS) is 14.0. The van der Waals surface area contributed by atoms with Gasteiger partial charge < -0.3 is 10.6 Å². The summed E-state index contributed by atoms with van der Waals surface area (Å²) >= 11 is 0. The van der Waals surface area contributed by atoms with Crippen molar-refractivity contribution in [2.45, 2.75) is 19.8 Å². The maximum absolute atomic E-state index is 12.9. The summed E-state index contributed by atoms with van der Waals surface area (Å²) in [6, 6.07) is 4.04. The Balaban J connectivity index is 1.75. The summed E-state index contributed by atoms with van der Waals surface area (Å²) in [4.78, 5) is 23.2. The molecule has 0 aliphatic heterocycles. The van der Waals surface area contributed by atoms with E-state index in [2.05, 4.69) is 10.6 Å². The van der Waals surface area contributed by atoms with Crippen LogP contribution in [0.25, 0.3) is 0 Å². The number of hydrogen-bond acceptors (Lipinski definition) is 2. The molecule has 4 nitrogen and oxygen atoms in total. The minimum absolute atomic E-state index is 0.0622. The molecule has 1 fully saturated rings. The highest BCUT2D eigenvalue weighted by molar-refractivity contribution is 5.95. The van der Waals surface area contributed by atoms with E-state index in [4.69, 9.17) is 0 Å². The van der Waals surface area contributed by atoms with Crippen molar-refractivity contribution in [1.82, 2.24) is 10.6 Å². The van der Waals surface area contributed by atoms with Crippen LogP contribution < -0.4 is 10.6 Å². The molecule has 0 radical (unpaired) electrons. The number of halogens is 1. The molecule has 5 heteroatoms. The van der Waals surface area contributed by atoms with Gasteiger partial charge in [0, 0.05) is 24.6 Å². The molecule has 2 rings (SSSR count). The van der Waals surface area contributed by atoms with E-state index in [0.29, 0.717) is 24.2 Å². The number of hydrogen-bond donors (Lipinski definition) is 2. The van der Waals surface area contributed by atoms with E-state index in [9.17, 15) is 14.0 Å². The van der Waals surface area contributed by atoms with E-state index in [1.807, 2.05) is 0 Å². The number of benzene rings is 1. The zero-order valence-electron chi connectivity index (χ0n) is 10.8. The number of carbonyl (C=O) groups is 2. The quantitative estimate of drug-likeness (QED) is 0.790. The lowest BCUT2D eigenvalue weighted by Gasteiger charge is -2.08. The van der Waals surface area contributed by atoms with Crippen molar-refractivity contribution in [2.24, 2.45) is 5.92 Å². The van der Waals surface area contributed by atoms with Crippen LogP contribution in [0.4, 0.5) is 4.39 Å². The smallest absolute Gasteiger partial charge is 0.251 e. The van der Waals surface area contributed by atoms with E-state index in [1.165, 1.54) is 18.2 Å². The predicted molar refractivity (Wildman–Crippen MR) is 69.2 cm³/mol. The fourth-order valence-electron chi connectivity index (χ4n) is 1.83. The van der Waals surface area contributed by atoms with Gasteiger partial charge in [-0.25, -0.2) is 4.39 Å². The van der Waals surface area contributed by atoms with Crippen molar-refractivity contribution in [3.8, 4) is 0 Å². The molecule has 19 heavy (non-hydrogen) atoms. The largest absolute Gasteiger partial charge is 0.354 e. The Kier molecular flexibility index (Phi) is 4.14. The van der Waals surface area contributed by atoms with Crippen LogP contribution in [0.5, 0.6) is 0 Å². The zero-order valence-corrected chi connectivity index (χ0v) is 10.8. The third-order valence-corrected chi connectivity index (χ3v) is 3.09. The van der Waals surface area contributed by atoms with E-state index < -0.39 is 0 Å². The van der Waals surface area contributed by atoms with Crippen LogP contribution >= 0.6 is 0 Å². The van der Waals surface area contributed by atoms with Crippen molar-refractivity contribution >= 4 is 11.8 Å². The predicted octanol–water partition coefficient (Wildman–Crippen LogP) is 1.39. The summed E-state index contributed by atoms with van der Waals surface area (Å²) in [6.45, 7) is 2.47. The van der Waals surface area contributed by atoms with Crippen LogP contribution in [0.2, 0.25) is 0 Å². The molecular weight excluding hydrogens is 247 g/mol. The molecule has 0 bridgehead atoms. The standard InChI is InChI=1S/C14H17FN2O2/c1-9-8-11(15)4-5-12(9)14(19)17-7-6-16-13(18)10-2-3-10/h4-5,8,10H,2-3,6-7H2,1H3,(H,16,18)(H,17,19). The van der Waals surface area contributed by atoms with Crippen LogP contribution in [-0.4, -0.2) is 24.9 Å². The van der Waals surface area contributed by atoms with Gasteiger partial charge >= 0.3 is 0 Å². The van der Waals surface area contributed by atoms with Gasteiger partial charge in [-0.2, -0.15) is 0 Å². The second kappa shape index (κ2) is 5.82.